The van der Waals surface area contributed by atoms with Crippen LogP contribution in [-0.4, -0.2) is 13.1 Å². The van der Waals surface area contributed by atoms with E-state index in [1.54, 1.807) is 0 Å². The molecule has 0 aromatic heterocycles. The van der Waals surface area contributed by atoms with Crippen LogP contribution in [0.1, 0.15) is 30.9 Å². The summed E-state index contributed by atoms with van der Waals surface area (Å²) in [7, 11) is 0. The molecule has 1 rings (SSSR count). The minimum atomic E-state index is 0.361. The van der Waals surface area contributed by atoms with Gasteiger partial charge in [0.25, 0.3) is 0 Å². The molecular weight excluding hydrogens is 264 g/mol. The second-order valence-corrected chi connectivity index (χ2v) is 5.08. The number of halogens is 1. The van der Waals surface area contributed by atoms with Crippen LogP contribution in [-0.2, 0) is 6.42 Å². The molecule has 0 fully saturated rings. The van der Waals surface area contributed by atoms with Gasteiger partial charge in [-0.15, -0.1) is 0 Å². The van der Waals surface area contributed by atoms with E-state index in [-0.39, 0.29) is 0 Å². The summed E-state index contributed by atoms with van der Waals surface area (Å²) in [5, 5.41) is 0. The number of hydrogen-bond donors (Lipinski definition) is 2. The van der Waals surface area contributed by atoms with E-state index in [0.29, 0.717) is 24.9 Å². The molecule has 1 unspecified atom stereocenters. The lowest BCUT2D eigenvalue weighted by Crippen LogP contribution is -2.27. The van der Waals surface area contributed by atoms with Crippen LogP contribution >= 0.6 is 15.9 Å². The Balaban J connectivity index is 2.91. The topological polar surface area (TPSA) is 52.0 Å². The van der Waals surface area contributed by atoms with Gasteiger partial charge in [0.1, 0.15) is 0 Å². The van der Waals surface area contributed by atoms with Crippen molar-refractivity contribution in [2.24, 2.45) is 17.4 Å². The molecule has 0 radical (unpaired) electrons. The Labute approximate surface area is 107 Å². The molecule has 0 heterocycles. The molecule has 0 aliphatic rings. The molecule has 0 amide bonds. The smallest absolute Gasteiger partial charge is 0.0210 e. The van der Waals surface area contributed by atoms with E-state index in [4.69, 9.17) is 11.5 Å². The molecule has 90 valence electrons. The molecule has 1 aromatic carbocycles. The maximum atomic E-state index is 5.72. The van der Waals surface area contributed by atoms with E-state index in [2.05, 4.69) is 48.0 Å². The number of rotatable bonds is 5. The average Bonchev–Trinajstić information content (AvgIpc) is 2.30. The summed E-state index contributed by atoms with van der Waals surface area (Å²) in [4.78, 5) is 0. The lowest BCUT2D eigenvalue weighted by Gasteiger charge is -2.22. The van der Waals surface area contributed by atoms with Crippen molar-refractivity contribution in [2.45, 2.75) is 26.2 Å². The first-order valence-electron chi connectivity index (χ1n) is 5.82. The highest BCUT2D eigenvalue weighted by molar-refractivity contribution is 9.10. The zero-order chi connectivity index (χ0) is 12.1. The highest BCUT2D eigenvalue weighted by Crippen LogP contribution is 2.27. The highest BCUT2D eigenvalue weighted by Gasteiger charge is 2.16. The van der Waals surface area contributed by atoms with Gasteiger partial charge in [-0.1, -0.05) is 41.9 Å². The Kier molecular flexibility index (Phi) is 5.46. The molecule has 0 aliphatic carbocycles. The summed E-state index contributed by atoms with van der Waals surface area (Å²) in [5.74, 6) is 0.775. The van der Waals surface area contributed by atoms with E-state index in [1.165, 1.54) is 15.6 Å². The Morgan fingerprint density at radius 1 is 1.25 bits per heavy atom. The van der Waals surface area contributed by atoms with E-state index in [1.807, 2.05) is 0 Å². The van der Waals surface area contributed by atoms with Gasteiger partial charge in [-0.05, 0) is 48.5 Å². The number of hydrogen-bond acceptors (Lipinski definition) is 2. The van der Waals surface area contributed by atoms with Gasteiger partial charge < -0.3 is 11.5 Å². The van der Waals surface area contributed by atoms with Gasteiger partial charge in [-0.2, -0.15) is 0 Å². The van der Waals surface area contributed by atoms with Crippen LogP contribution in [0.4, 0.5) is 0 Å². The fraction of sp³-hybridized carbons (Fsp3) is 0.538. The van der Waals surface area contributed by atoms with Crippen molar-refractivity contribution in [2.75, 3.05) is 13.1 Å². The molecule has 2 nitrogen and oxygen atoms in total. The predicted octanol–water partition coefficient (Wildman–Crippen LogP) is 2.65. The summed E-state index contributed by atoms with van der Waals surface area (Å²) in [6.45, 7) is 5.64. The molecular formula is C13H21BrN2. The lowest BCUT2D eigenvalue weighted by atomic mass is 9.87. The Morgan fingerprint density at radius 3 is 2.31 bits per heavy atom. The van der Waals surface area contributed by atoms with E-state index < -0.39 is 0 Å². The zero-order valence-corrected chi connectivity index (χ0v) is 11.6. The molecule has 0 aliphatic heterocycles. The third kappa shape index (κ3) is 3.06. The van der Waals surface area contributed by atoms with Crippen molar-refractivity contribution < 1.29 is 0 Å². The largest absolute Gasteiger partial charge is 0.330 e. The van der Waals surface area contributed by atoms with Crippen LogP contribution in [0.25, 0.3) is 0 Å². The molecule has 1 aromatic rings. The fourth-order valence-electron chi connectivity index (χ4n) is 1.91. The van der Waals surface area contributed by atoms with Crippen LogP contribution in [0.2, 0.25) is 0 Å². The molecule has 4 N–H and O–H groups in total. The van der Waals surface area contributed by atoms with Gasteiger partial charge in [-0.3, -0.25) is 0 Å². The van der Waals surface area contributed by atoms with Crippen molar-refractivity contribution in [3.8, 4) is 0 Å². The normalized spacial score (nSPS) is 13.1. The second kappa shape index (κ2) is 6.38. The predicted molar refractivity (Wildman–Crippen MR) is 73.5 cm³/mol. The molecule has 0 saturated carbocycles. The minimum absolute atomic E-state index is 0.361. The summed E-state index contributed by atoms with van der Waals surface area (Å²) < 4.78 is 1.19. The van der Waals surface area contributed by atoms with Crippen molar-refractivity contribution in [1.29, 1.82) is 0 Å². The van der Waals surface area contributed by atoms with Crippen LogP contribution in [0.15, 0.2) is 22.7 Å². The Morgan fingerprint density at radius 2 is 1.88 bits per heavy atom. The first-order valence-corrected chi connectivity index (χ1v) is 6.61. The quantitative estimate of drug-likeness (QED) is 0.873. The summed E-state index contributed by atoms with van der Waals surface area (Å²) >= 11 is 3.61. The van der Waals surface area contributed by atoms with Gasteiger partial charge in [0.05, 0.1) is 0 Å². The van der Waals surface area contributed by atoms with E-state index in [9.17, 15) is 0 Å². The third-order valence-electron chi connectivity index (χ3n) is 3.30. The Hall–Kier alpha value is -0.380. The average molecular weight is 285 g/mol. The fourth-order valence-corrected chi connectivity index (χ4v) is 2.59. The van der Waals surface area contributed by atoms with Gasteiger partial charge in [0.2, 0.25) is 0 Å². The van der Waals surface area contributed by atoms with Crippen molar-refractivity contribution in [1.82, 2.24) is 0 Å². The van der Waals surface area contributed by atoms with Gasteiger partial charge in [-0.25, -0.2) is 0 Å². The molecule has 0 spiro atoms. The van der Waals surface area contributed by atoms with Crippen molar-refractivity contribution in [3.63, 3.8) is 0 Å². The van der Waals surface area contributed by atoms with Crippen molar-refractivity contribution in [3.05, 3.63) is 33.8 Å². The SMILES string of the molecule is CCc1ccc(C(C)C(CN)CN)cc1Br. The van der Waals surface area contributed by atoms with Gasteiger partial charge >= 0.3 is 0 Å². The third-order valence-corrected chi connectivity index (χ3v) is 4.03. The maximum absolute atomic E-state index is 5.72. The summed E-state index contributed by atoms with van der Waals surface area (Å²) in [6.07, 6.45) is 1.05. The lowest BCUT2D eigenvalue weighted by molar-refractivity contribution is 0.466. The van der Waals surface area contributed by atoms with Crippen LogP contribution in [0.5, 0.6) is 0 Å². The Bertz CT molecular complexity index is 335. The second-order valence-electron chi connectivity index (χ2n) is 4.22. The van der Waals surface area contributed by atoms with Gasteiger partial charge in [0.15, 0.2) is 0 Å². The molecule has 3 heteroatoms. The van der Waals surface area contributed by atoms with E-state index >= 15 is 0 Å². The highest BCUT2D eigenvalue weighted by atomic mass is 79.9. The maximum Gasteiger partial charge on any atom is 0.0210 e. The summed E-state index contributed by atoms with van der Waals surface area (Å²) in [5.41, 5.74) is 14.1. The van der Waals surface area contributed by atoms with Gasteiger partial charge in [0, 0.05) is 4.47 Å². The zero-order valence-electron chi connectivity index (χ0n) is 10.0. The molecule has 16 heavy (non-hydrogen) atoms. The first kappa shape index (κ1) is 13.7. The molecule has 0 bridgehead atoms. The number of benzene rings is 1. The summed E-state index contributed by atoms with van der Waals surface area (Å²) in [6, 6.07) is 6.56. The van der Waals surface area contributed by atoms with Crippen LogP contribution in [0, 0.1) is 5.92 Å². The standard InChI is InChI=1S/C13H21BrN2/c1-3-10-4-5-11(6-13(10)14)9(2)12(7-15)8-16/h4-6,9,12H,3,7-8,15-16H2,1-2H3. The monoisotopic (exact) mass is 284 g/mol. The minimum Gasteiger partial charge on any atom is -0.330 e. The first-order chi connectivity index (χ1) is 7.63. The number of nitrogens with two attached hydrogens (primary N) is 2. The molecule has 0 saturated heterocycles. The van der Waals surface area contributed by atoms with E-state index in [0.717, 1.165) is 6.42 Å². The number of aryl methyl sites for hydroxylation is 1. The van der Waals surface area contributed by atoms with Crippen LogP contribution in [0.3, 0.4) is 0 Å². The molecule has 1 atom stereocenters. The van der Waals surface area contributed by atoms with Crippen molar-refractivity contribution >= 4 is 15.9 Å². The van der Waals surface area contributed by atoms with Crippen LogP contribution < -0.4 is 11.5 Å².